The van der Waals surface area contributed by atoms with Gasteiger partial charge in [-0.2, -0.15) is 0 Å². The fourth-order valence-corrected chi connectivity index (χ4v) is 3.09. The zero-order valence-electron chi connectivity index (χ0n) is 16.0. The molecular weight excluding hydrogens is 360 g/mol. The maximum absolute atomic E-state index is 12.3. The Morgan fingerprint density at radius 1 is 1.11 bits per heavy atom. The van der Waals surface area contributed by atoms with E-state index < -0.39 is 0 Å². The molecule has 0 aliphatic carbocycles. The Morgan fingerprint density at radius 2 is 1.82 bits per heavy atom. The molecule has 7 heteroatoms. The summed E-state index contributed by atoms with van der Waals surface area (Å²) in [6.45, 7) is 2.79. The lowest BCUT2D eigenvalue weighted by Gasteiger charge is -2.18. The van der Waals surface area contributed by atoms with Crippen LogP contribution >= 0.6 is 0 Å². The van der Waals surface area contributed by atoms with E-state index in [0.717, 1.165) is 11.4 Å². The molecule has 0 radical (unpaired) electrons. The highest BCUT2D eigenvalue weighted by molar-refractivity contribution is 5.97. The summed E-state index contributed by atoms with van der Waals surface area (Å²) in [4.78, 5) is 26.2. The summed E-state index contributed by atoms with van der Waals surface area (Å²) < 4.78 is 16.1. The van der Waals surface area contributed by atoms with Crippen molar-refractivity contribution in [3.05, 3.63) is 48.5 Å². The number of methoxy groups -OCH3 is 1. The zero-order chi connectivity index (χ0) is 19.9. The number of anilines is 1. The number of carbonyl (C=O) groups excluding carboxylic acids is 2. The molecule has 1 heterocycles. The molecule has 148 valence electrons. The summed E-state index contributed by atoms with van der Waals surface area (Å²) in [6.07, 6.45) is 0.258. The van der Waals surface area contributed by atoms with Crippen molar-refractivity contribution in [3.63, 3.8) is 0 Å². The predicted octanol–water partition coefficient (Wildman–Crippen LogP) is 2.39. The van der Waals surface area contributed by atoms with Crippen molar-refractivity contribution in [2.45, 2.75) is 19.4 Å². The highest BCUT2D eigenvalue weighted by Crippen LogP contribution is 2.26. The molecule has 0 bridgehead atoms. The molecule has 2 amide bonds. The Morgan fingerprint density at radius 3 is 2.50 bits per heavy atom. The van der Waals surface area contributed by atoms with Gasteiger partial charge in [0, 0.05) is 18.7 Å². The van der Waals surface area contributed by atoms with Crippen LogP contribution in [0.25, 0.3) is 0 Å². The SMILES string of the molecule is CCOc1ccc(N2C[C@H](NC(=O)COc3ccccc3OC)CC2=O)cc1. The molecular formula is C21H24N2O5. The standard InChI is InChI=1S/C21H24N2O5/c1-3-27-17-10-8-16(9-11-17)23-13-15(12-21(23)25)22-20(24)14-28-19-7-5-4-6-18(19)26-2/h4-11,15H,3,12-14H2,1-2H3,(H,22,24)/t15-/m1/s1. The Labute approximate surface area is 164 Å². The third-order valence-corrected chi connectivity index (χ3v) is 4.38. The van der Waals surface area contributed by atoms with E-state index in [1.54, 1.807) is 30.2 Å². The van der Waals surface area contributed by atoms with Crippen LogP contribution in [-0.2, 0) is 9.59 Å². The number of hydrogen-bond donors (Lipinski definition) is 1. The Bertz CT molecular complexity index is 822. The normalized spacial score (nSPS) is 16.0. The van der Waals surface area contributed by atoms with E-state index in [0.29, 0.717) is 24.7 Å². The second kappa shape index (κ2) is 9.12. The highest BCUT2D eigenvalue weighted by Gasteiger charge is 2.31. The summed E-state index contributed by atoms with van der Waals surface area (Å²) >= 11 is 0. The Kier molecular flexibility index (Phi) is 6.37. The number of benzene rings is 2. The van der Waals surface area contributed by atoms with Crippen molar-refractivity contribution in [1.29, 1.82) is 0 Å². The van der Waals surface area contributed by atoms with Gasteiger partial charge in [-0.05, 0) is 43.3 Å². The fraction of sp³-hybridized carbons (Fsp3) is 0.333. The number of nitrogens with one attached hydrogen (secondary N) is 1. The molecule has 1 atom stereocenters. The van der Waals surface area contributed by atoms with E-state index in [4.69, 9.17) is 14.2 Å². The molecule has 1 aliphatic heterocycles. The summed E-state index contributed by atoms with van der Waals surface area (Å²) in [5.41, 5.74) is 0.787. The Hall–Kier alpha value is -3.22. The summed E-state index contributed by atoms with van der Waals surface area (Å²) in [6, 6.07) is 14.2. The molecule has 1 fully saturated rings. The molecule has 1 saturated heterocycles. The van der Waals surface area contributed by atoms with Crippen molar-refractivity contribution in [2.24, 2.45) is 0 Å². The van der Waals surface area contributed by atoms with E-state index in [1.807, 2.05) is 37.3 Å². The molecule has 28 heavy (non-hydrogen) atoms. The van der Waals surface area contributed by atoms with Crippen LogP contribution in [0.2, 0.25) is 0 Å². The highest BCUT2D eigenvalue weighted by atomic mass is 16.5. The van der Waals surface area contributed by atoms with Crippen LogP contribution in [0.4, 0.5) is 5.69 Å². The maximum Gasteiger partial charge on any atom is 0.258 e. The Balaban J connectivity index is 1.52. The number of rotatable bonds is 8. The largest absolute Gasteiger partial charge is 0.494 e. The van der Waals surface area contributed by atoms with E-state index in [2.05, 4.69) is 5.32 Å². The molecule has 2 aromatic carbocycles. The first-order chi connectivity index (χ1) is 13.6. The summed E-state index contributed by atoms with van der Waals surface area (Å²) in [5.74, 6) is 1.51. The molecule has 0 spiro atoms. The van der Waals surface area contributed by atoms with Gasteiger partial charge in [0.25, 0.3) is 5.91 Å². The topological polar surface area (TPSA) is 77.1 Å². The van der Waals surface area contributed by atoms with Crippen LogP contribution in [-0.4, -0.2) is 44.7 Å². The molecule has 0 aromatic heterocycles. The van der Waals surface area contributed by atoms with E-state index >= 15 is 0 Å². The van der Waals surface area contributed by atoms with Gasteiger partial charge in [0.2, 0.25) is 5.91 Å². The lowest BCUT2D eigenvalue weighted by atomic mass is 10.2. The lowest BCUT2D eigenvalue weighted by molar-refractivity contribution is -0.123. The van der Waals surface area contributed by atoms with Gasteiger partial charge in [-0.1, -0.05) is 12.1 Å². The molecule has 2 aromatic rings. The lowest BCUT2D eigenvalue weighted by Crippen LogP contribution is -2.39. The van der Waals surface area contributed by atoms with Crippen molar-refractivity contribution in [1.82, 2.24) is 5.32 Å². The number of para-hydroxylation sites is 2. The molecule has 0 unspecified atom stereocenters. The van der Waals surface area contributed by atoms with Crippen LogP contribution < -0.4 is 24.4 Å². The quantitative estimate of drug-likeness (QED) is 0.756. The molecule has 0 saturated carbocycles. The molecule has 7 nitrogen and oxygen atoms in total. The van der Waals surface area contributed by atoms with Crippen LogP contribution in [0.3, 0.4) is 0 Å². The average molecular weight is 384 g/mol. The molecule has 3 rings (SSSR count). The predicted molar refractivity (Wildman–Crippen MR) is 105 cm³/mol. The minimum Gasteiger partial charge on any atom is -0.494 e. The van der Waals surface area contributed by atoms with E-state index in [-0.39, 0.29) is 30.9 Å². The number of hydrogen-bond acceptors (Lipinski definition) is 5. The van der Waals surface area contributed by atoms with Crippen LogP contribution in [0.15, 0.2) is 48.5 Å². The smallest absolute Gasteiger partial charge is 0.258 e. The van der Waals surface area contributed by atoms with Gasteiger partial charge in [0.05, 0.1) is 19.8 Å². The first kappa shape index (κ1) is 19.5. The van der Waals surface area contributed by atoms with Gasteiger partial charge in [0.15, 0.2) is 18.1 Å². The second-order valence-corrected chi connectivity index (χ2v) is 6.34. The summed E-state index contributed by atoms with van der Waals surface area (Å²) in [5, 5.41) is 2.86. The molecule has 1 N–H and O–H groups in total. The van der Waals surface area contributed by atoms with Crippen molar-refractivity contribution >= 4 is 17.5 Å². The minimum atomic E-state index is -0.280. The van der Waals surface area contributed by atoms with Gasteiger partial charge >= 0.3 is 0 Å². The van der Waals surface area contributed by atoms with Crippen LogP contribution in [0.5, 0.6) is 17.2 Å². The number of ether oxygens (including phenoxy) is 3. The third kappa shape index (κ3) is 4.73. The number of nitrogens with zero attached hydrogens (tertiary/aromatic N) is 1. The van der Waals surface area contributed by atoms with Crippen LogP contribution in [0.1, 0.15) is 13.3 Å². The average Bonchev–Trinajstić information content (AvgIpc) is 3.07. The summed E-state index contributed by atoms with van der Waals surface area (Å²) in [7, 11) is 1.54. The first-order valence-electron chi connectivity index (χ1n) is 9.19. The van der Waals surface area contributed by atoms with Crippen molar-refractivity contribution in [2.75, 3.05) is 31.8 Å². The fourth-order valence-electron chi connectivity index (χ4n) is 3.09. The second-order valence-electron chi connectivity index (χ2n) is 6.34. The van der Waals surface area contributed by atoms with Gasteiger partial charge in [-0.15, -0.1) is 0 Å². The van der Waals surface area contributed by atoms with Gasteiger partial charge in [0.1, 0.15) is 5.75 Å². The number of carbonyl (C=O) groups is 2. The van der Waals surface area contributed by atoms with E-state index in [1.165, 1.54) is 0 Å². The van der Waals surface area contributed by atoms with Gasteiger partial charge < -0.3 is 24.4 Å². The van der Waals surface area contributed by atoms with E-state index in [9.17, 15) is 9.59 Å². The van der Waals surface area contributed by atoms with Crippen molar-refractivity contribution in [3.8, 4) is 17.2 Å². The molecule has 1 aliphatic rings. The number of amides is 2. The first-order valence-corrected chi connectivity index (χ1v) is 9.19. The monoisotopic (exact) mass is 384 g/mol. The minimum absolute atomic E-state index is 0.0277. The maximum atomic E-state index is 12.3. The van der Waals surface area contributed by atoms with Crippen molar-refractivity contribution < 1.29 is 23.8 Å². The van der Waals surface area contributed by atoms with Gasteiger partial charge in [-0.3, -0.25) is 9.59 Å². The van der Waals surface area contributed by atoms with Crippen LogP contribution in [0, 0.1) is 0 Å². The van der Waals surface area contributed by atoms with Gasteiger partial charge in [-0.25, -0.2) is 0 Å². The third-order valence-electron chi connectivity index (χ3n) is 4.38. The zero-order valence-corrected chi connectivity index (χ0v) is 16.0.